The summed E-state index contributed by atoms with van der Waals surface area (Å²) in [5.74, 6) is -9.39. The number of hydrogen-bond acceptors (Lipinski definition) is 31. The molecule has 8 heterocycles. The van der Waals surface area contributed by atoms with Crippen molar-refractivity contribution in [1.29, 1.82) is 0 Å². The first-order valence-electron chi connectivity index (χ1n) is 40.0. The molecule has 16 rings (SSSR count). The van der Waals surface area contributed by atoms with Crippen molar-refractivity contribution >= 4 is 157 Å². The van der Waals surface area contributed by atoms with Crippen molar-refractivity contribution in [3.8, 4) is 0 Å². The van der Waals surface area contributed by atoms with Gasteiger partial charge in [0, 0.05) is 0 Å². The molecule has 18 unspecified atom stereocenters. The molecular weight excluding hydrogens is 1610 g/mol. The van der Waals surface area contributed by atoms with E-state index in [0.717, 1.165) is 101 Å². The van der Waals surface area contributed by atoms with Crippen LogP contribution in [0.25, 0.3) is 0 Å². The molecule has 31 nitrogen and oxygen atoms in total. The quantitative estimate of drug-likeness (QED) is 0.0347. The summed E-state index contributed by atoms with van der Waals surface area (Å²) in [4.78, 5) is 212. The van der Waals surface area contributed by atoms with Gasteiger partial charge >= 0.3 is 107 Å². The first-order chi connectivity index (χ1) is 54.2. The van der Waals surface area contributed by atoms with E-state index in [1.807, 2.05) is 26.2 Å². The molecule has 0 N–H and O–H groups in total. The molecule has 624 valence electrons. The first kappa shape index (κ1) is 85.6. The second-order valence-electron chi connectivity index (χ2n) is 37.5. The summed E-state index contributed by atoms with van der Waals surface area (Å²) in [5, 5.41) is 0. The predicted molar refractivity (Wildman–Crippen MR) is 410 cm³/mol. The Morgan fingerprint density at radius 2 is 0.647 bits per heavy atom. The largest absolute Gasteiger partial charge is 0.455 e. The summed E-state index contributed by atoms with van der Waals surface area (Å²) in [7, 11) is -12.3. The lowest BCUT2D eigenvalue weighted by Crippen LogP contribution is -2.48. The first-order valence-corrected chi connectivity index (χ1v) is 58.7. The van der Waals surface area contributed by atoms with Gasteiger partial charge in [0.05, 0.1) is 105 Å². The van der Waals surface area contributed by atoms with Crippen LogP contribution in [0.15, 0.2) is 36.4 Å². The zero-order valence-corrected chi connectivity index (χ0v) is 72.9. The molecule has 4 bridgehead atoms. The van der Waals surface area contributed by atoms with Crippen LogP contribution in [0, 0.1) is 107 Å². The number of carbonyl (C=O) groups excluding carboxylic acids is 18. The number of benzene rings is 2. The molecule has 6 aliphatic carbocycles. The lowest BCUT2D eigenvalue weighted by atomic mass is 9.76. The fourth-order valence-corrected chi connectivity index (χ4v) is 52.1. The van der Waals surface area contributed by atoms with E-state index in [9.17, 15) is 86.3 Å². The van der Waals surface area contributed by atoms with Gasteiger partial charge in [0.25, 0.3) is 0 Å². The van der Waals surface area contributed by atoms with Crippen molar-refractivity contribution in [1.82, 2.24) is 0 Å². The van der Waals surface area contributed by atoms with Gasteiger partial charge in [0.15, 0.2) is 49.9 Å². The maximum atomic E-state index is 12.3. The Kier molecular flexibility index (Phi) is 23.9. The van der Waals surface area contributed by atoms with E-state index >= 15 is 0 Å². The Bertz CT molecular complexity index is 4260. The smallest absolute Gasteiger partial charge is 0.346 e. The summed E-state index contributed by atoms with van der Waals surface area (Å²) < 4.78 is 67.5. The molecular formula is C79H98O31Si6. The second-order valence-corrected chi connectivity index (χ2v) is 63.5. The molecule has 6 saturated heterocycles. The highest BCUT2D eigenvalue weighted by atomic mass is 28.4. The van der Waals surface area contributed by atoms with Gasteiger partial charge in [0.1, 0.15) is 0 Å². The van der Waals surface area contributed by atoms with Crippen LogP contribution >= 0.6 is 0 Å². The second kappa shape index (κ2) is 32.4. The number of fused-ring (bicyclic) bond motifs is 14. The topological polar surface area (TPSA) is 427 Å². The third kappa shape index (κ3) is 18.6. The zero-order chi connectivity index (χ0) is 84.1. The number of rotatable bonds is 22. The highest BCUT2D eigenvalue weighted by molar-refractivity contribution is 6.86. The molecule has 0 amide bonds. The number of hydrogen-bond donors (Lipinski definition) is 0. The van der Waals surface area contributed by atoms with Crippen LogP contribution in [0.4, 0.5) is 0 Å². The van der Waals surface area contributed by atoms with Crippen LogP contribution in [0.5, 0.6) is 0 Å². The van der Waals surface area contributed by atoms with Gasteiger partial charge in [-0.3, -0.25) is 57.5 Å². The lowest BCUT2D eigenvalue weighted by Gasteiger charge is -2.40. The SMILES string of the molecule is C[Si](C)(CC1CC(=O)OC1=O)O[Si](C)(C)CC1CC(=O)OC1=O.C[Si](C)(CC1CC2CC1C1C(=O)OC(=O)C21)O[Si](C)(C)CC1CC2CC1C1C(=O)OC(=O)C21.C[Si](C)(CC1CCC2C(=O)OC(=O)C2C1)O[Si](C)(C)CC1CCC2C(=O)OC(=O)C2C1.O=C(OCOC(=O)c1ccc2c(c1)C(=O)OC2=O)c1ccc2c(c1)C(=O)OC2=O. The number of carbonyl (C=O) groups is 18. The summed E-state index contributed by atoms with van der Waals surface area (Å²) >= 11 is 0. The third-order valence-electron chi connectivity index (χ3n) is 25.6. The Balaban J connectivity index is 0.000000136. The van der Waals surface area contributed by atoms with Crippen molar-refractivity contribution in [3.05, 3.63) is 69.8 Å². The van der Waals surface area contributed by atoms with Crippen LogP contribution in [0.2, 0.25) is 115 Å². The summed E-state index contributed by atoms with van der Waals surface area (Å²) in [6.07, 6.45) is 9.08. The van der Waals surface area contributed by atoms with Gasteiger partial charge in [-0.1, -0.05) is 0 Å². The normalized spacial score (nSPS) is 31.2. The number of ether oxygens (including phenoxy) is 10. The minimum absolute atomic E-state index is 0.0339. The van der Waals surface area contributed by atoms with E-state index in [1.54, 1.807) is 0 Å². The van der Waals surface area contributed by atoms with E-state index in [0.29, 0.717) is 47.6 Å². The summed E-state index contributed by atoms with van der Waals surface area (Å²) in [6, 6.07) is 12.3. The molecule has 0 spiro atoms. The van der Waals surface area contributed by atoms with Crippen LogP contribution in [-0.4, -0.2) is 164 Å². The summed E-state index contributed by atoms with van der Waals surface area (Å²) in [5.41, 5.74) is -0.171. The van der Waals surface area contributed by atoms with Crippen molar-refractivity contribution < 1.29 is 146 Å². The maximum Gasteiger partial charge on any atom is 0.346 e. The highest BCUT2D eigenvalue weighted by Gasteiger charge is 2.66. The molecule has 6 saturated carbocycles. The van der Waals surface area contributed by atoms with Crippen molar-refractivity contribution in [3.63, 3.8) is 0 Å². The molecule has 37 heteroatoms. The highest BCUT2D eigenvalue weighted by Crippen LogP contribution is 2.62. The van der Waals surface area contributed by atoms with Gasteiger partial charge in [0.2, 0.25) is 6.79 Å². The average Bonchev–Trinajstić information content (AvgIpc) is 1.57. The van der Waals surface area contributed by atoms with Gasteiger partial charge < -0.3 is 59.7 Å². The Labute approximate surface area is 674 Å². The summed E-state index contributed by atoms with van der Waals surface area (Å²) in [6.45, 7) is 25.5. The van der Waals surface area contributed by atoms with Gasteiger partial charge in [-0.05, 0) is 263 Å². The minimum atomic E-state index is -2.21. The Morgan fingerprint density at radius 1 is 0.328 bits per heavy atom. The number of cyclic esters (lactones) is 16. The van der Waals surface area contributed by atoms with Crippen molar-refractivity contribution in [2.24, 2.45) is 107 Å². The fraction of sp³-hybridized carbons (Fsp3) is 0.620. The van der Waals surface area contributed by atoms with Crippen LogP contribution in [0.1, 0.15) is 139 Å². The molecule has 8 aliphatic heterocycles. The van der Waals surface area contributed by atoms with E-state index < -0.39 is 128 Å². The van der Waals surface area contributed by atoms with Gasteiger partial charge in [-0.25, -0.2) is 28.8 Å². The van der Waals surface area contributed by atoms with E-state index in [-0.39, 0.29) is 153 Å². The number of esters is 18. The molecule has 2 aromatic rings. The minimum Gasteiger partial charge on any atom is -0.455 e. The van der Waals surface area contributed by atoms with E-state index in [4.69, 9.17) is 40.8 Å². The Hall–Kier alpha value is -8.32. The van der Waals surface area contributed by atoms with Crippen LogP contribution in [0.3, 0.4) is 0 Å². The molecule has 116 heavy (non-hydrogen) atoms. The maximum absolute atomic E-state index is 12.3. The fourth-order valence-electron chi connectivity index (χ4n) is 22.1. The molecule has 18 atom stereocenters. The Morgan fingerprint density at radius 3 is 1.00 bits per heavy atom. The molecule has 0 radical (unpaired) electrons. The zero-order valence-electron chi connectivity index (χ0n) is 66.9. The van der Waals surface area contributed by atoms with Crippen LogP contribution in [-0.2, 0) is 117 Å². The molecule has 12 fully saturated rings. The average molecular weight is 1710 g/mol. The monoisotopic (exact) mass is 1710 g/mol. The van der Waals surface area contributed by atoms with E-state index in [1.165, 1.54) is 24.3 Å². The van der Waals surface area contributed by atoms with Gasteiger partial charge in [-0.2, -0.15) is 0 Å². The van der Waals surface area contributed by atoms with Crippen molar-refractivity contribution in [2.75, 3.05) is 6.79 Å². The molecule has 2 aromatic carbocycles. The lowest BCUT2D eigenvalue weighted by molar-refractivity contribution is -0.156. The molecule has 0 aromatic heterocycles. The predicted octanol–water partition coefficient (Wildman–Crippen LogP) is 9.87. The third-order valence-corrected chi connectivity index (χ3v) is 47.9. The van der Waals surface area contributed by atoms with Gasteiger partial charge in [-0.15, -0.1) is 0 Å². The van der Waals surface area contributed by atoms with Crippen molar-refractivity contribution in [2.45, 2.75) is 192 Å². The molecule has 14 aliphatic rings. The van der Waals surface area contributed by atoms with E-state index in [2.05, 4.69) is 71.3 Å². The van der Waals surface area contributed by atoms with Crippen LogP contribution < -0.4 is 0 Å². The standard InChI is InChI=1S/C24H34O7Si2.C22H34O7Si2.C19H8O10.C14H22O7Si2/c1-32(2,9-13-5-11-7-15(13)19-17(11)21(25)29-23(19)27)31-33(3,4)10-14-6-12-8-16(14)20-18(12)22(26)30-24(20)28;1-30(2,11-13-5-7-15-17(9-13)21(25)27-19(15)23)29-31(3,4)12-14-6-8-16-18(10-14)22(26)28-20(16)24;20-14(8-1-3-10-12(5-8)18(24)28-16(10)22)26-7-27-15(21)9-2-4-11-13(6-9)19(25)29-17(11)23;1-22(2,7-9-5-11(15)19-13(9)17)21-23(3,4)8-10-6-12(16)20-14(10)18/h11-20H,5-10H2,1-4H3;13-18H,5-12H2,1-4H3;1-6H,7H2;9-10H,5-8H2,1-4H3.